The molecule has 118 valence electrons. The summed E-state index contributed by atoms with van der Waals surface area (Å²) in [5.74, 6) is 0.370. The molecule has 1 aliphatic heterocycles. The third-order valence-corrected chi connectivity index (χ3v) is 6.48. The van der Waals surface area contributed by atoms with Crippen LogP contribution in [-0.4, -0.2) is 49.9 Å². The number of likely N-dealkylation sites (N-methyl/N-ethyl adjacent to an activating group) is 1. The summed E-state index contributed by atoms with van der Waals surface area (Å²) in [5, 5.41) is 2.90. The van der Waals surface area contributed by atoms with Crippen molar-refractivity contribution in [1.29, 1.82) is 0 Å². The van der Waals surface area contributed by atoms with Crippen LogP contribution in [0.3, 0.4) is 0 Å². The molecule has 0 aromatic carbocycles. The highest BCUT2D eigenvalue weighted by atomic mass is 32.2. The van der Waals surface area contributed by atoms with Crippen LogP contribution in [0.1, 0.15) is 23.1 Å². The molecule has 2 rings (SSSR count). The fourth-order valence-corrected chi connectivity index (χ4v) is 5.16. The second kappa shape index (κ2) is 6.89. The van der Waals surface area contributed by atoms with Crippen LogP contribution < -0.4 is 5.32 Å². The highest BCUT2D eigenvalue weighted by Crippen LogP contribution is 2.17. The average Bonchev–Trinajstić information content (AvgIpc) is 2.99. The Morgan fingerprint density at radius 2 is 2.24 bits per heavy atom. The minimum absolute atomic E-state index is 0.0188. The van der Waals surface area contributed by atoms with Gasteiger partial charge in [-0.05, 0) is 32.0 Å². The first-order valence-electron chi connectivity index (χ1n) is 7.16. The van der Waals surface area contributed by atoms with Crippen LogP contribution in [0.2, 0.25) is 0 Å². The molecule has 1 fully saturated rings. The van der Waals surface area contributed by atoms with Gasteiger partial charge >= 0.3 is 0 Å². The summed E-state index contributed by atoms with van der Waals surface area (Å²) in [4.78, 5) is 16.3. The fraction of sp³-hybridized carbons (Fsp3) is 0.643. The summed E-state index contributed by atoms with van der Waals surface area (Å²) in [7, 11) is -2.91. The van der Waals surface area contributed by atoms with Crippen molar-refractivity contribution in [3.05, 3.63) is 21.9 Å². The van der Waals surface area contributed by atoms with Gasteiger partial charge in [-0.25, -0.2) is 8.42 Å². The van der Waals surface area contributed by atoms with Gasteiger partial charge in [-0.2, -0.15) is 0 Å². The zero-order valence-corrected chi connectivity index (χ0v) is 14.1. The number of carbonyl (C=O) groups excluding carboxylic acids is 1. The summed E-state index contributed by atoms with van der Waals surface area (Å²) in [6, 6.07) is 4.03. The fourth-order valence-electron chi connectivity index (χ4n) is 2.57. The standard InChI is InChI=1S/C14H22N2O3S2/c1-3-16(12-6-7-21(18,19)10-12)9-14(17)15-8-13-5-4-11(2)20-13/h4-5,12H,3,6-10H2,1-2H3,(H,15,17). The Hall–Kier alpha value is -0.920. The molecule has 0 aliphatic carbocycles. The minimum atomic E-state index is -2.91. The number of nitrogens with one attached hydrogen (secondary N) is 1. The number of carbonyl (C=O) groups is 1. The van der Waals surface area contributed by atoms with E-state index in [9.17, 15) is 13.2 Å². The first kappa shape index (κ1) is 16.5. The van der Waals surface area contributed by atoms with Gasteiger partial charge in [0.25, 0.3) is 0 Å². The normalized spacial score (nSPS) is 20.8. The van der Waals surface area contributed by atoms with E-state index in [4.69, 9.17) is 0 Å². The third-order valence-electron chi connectivity index (χ3n) is 3.73. The molecule has 0 bridgehead atoms. The molecule has 1 amide bonds. The van der Waals surface area contributed by atoms with E-state index in [1.54, 1.807) is 11.3 Å². The molecule has 7 heteroatoms. The van der Waals surface area contributed by atoms with E-state index in [1.807, 2.05) is 30.9 Å². The average molecular weight is 330 g/mol. The third kappa shape index (κ3) is 4.79. The van der Waals surface area contributed by atoms with Gasteiger partial charge in [0, 0.05) is 15.8 Å². The van der Waals surface area contributed by atoms with Gasteiger partial charge in [0.05, 0.1) is 24.6 Å². The number of amides is 1. The molecule has 21 heavy (non-hydrogen) atoms. The van der Waals surface area contributed by atoms with Crippen molar-refractivity contribution in [2.75, 3.05) is 24.6 Å². The van der Waals surface area contributed by atoms with Gasteiger partial charge in [-0.3, -0.25) is 9.69 Å². The maximum absolute atomic E-state index is 12.0. The summed E-state index contributed by atoms with van der Waals surface area (Å²) in [6.07, 6.45) is 0.633. The molecule has 0 radical (unpaired) electrons. The quantitative estimate of drug-likeness (QED) is 0.851. The van der Waals surface area contributed by atoms with Gasteiger partial charge in [0.15, 0.2) is 9.84 Å². The van der Waals surface area contributed by atoms with E-state index in [1.165, 1.54) is 4.88 Å². The molecule has 1 aromatic rings. The lowest BCUT2D eigenvalue weighted by molar-refractivity contribution is -0.122. The first-order valence-corrected chi connectivity index (χ1v) is 9.80. The molecular weight excluding hydrogens is 308 g/mol. The van der Waals surface area contributed by atoms with E-state index in [-0.39, 0.29) is 30.0 Å². The first-order chi connectivity index (χ1) is 9.89. The largest absolute Gasteiger partial charge is 0.350 e. The number of aryl methyl sites for hydroxylation is 1. The predicted octanol–water partition coefficient (Wildman–Crippen LogP) is 1.18. The lowest BCUT2D eigenvalue weighted by Gasteiger charge is -2.25. The van der Waals surface area contributed by atoms with E-state index in [0.29, 0.717) is 19.5 Å². The second-order valence-electron chi connectivity index (χ2n) is 5.41. The Kier molecular flexibility index (Phi) is 5.40. The molecule has 1 unspecified atom stereocenters. The Morgan fingerprint density at radius 1 is 1.48 bits per heavy atom. The smallest absolute Gasteiger partial charge is 0.234 e. The Labute approximate surface area is 130 Å². The summed E-state index contributed by atoms with van der Waals surface area (Å²) in [5.41, 5.74) is 0. The van der Waals surface area contributed by atoms with Gasteiger partial charge in [-0.15, -0.1) is 11.3 Å². The second-order valence-corrected chi connectivity index (χ2v) is 9.01. The molecule has 1 aromatic heterocycles. The van der Waals surface area contributed by atoms with Crippen molar-refractivity contribution in [3.63, 3.8) is 0 Å². The van der Waals surface area contributed by atoms with E-state index in [2.05, 4.69) is 5.32 Å². The summed E-state index contributed by atoms with van der Waals surface area (Å²) in [6.45, 7) is 5.49. The van der Waals surface area contributed by atoms with Crippen molar-refractivity contribution in [2.24, 2.45) is 0 Å². The molecular formula is C14H22N2O3S2. The zero-order valence-electron chi connectivity index (χ0n) is 12.5. The molecule has 0 saturated carbocycles. The maximum atomic E-state index is 12.0. The van der Waals surface area contributed by atoms with Crippen LogP contribution in [-0.2, 0) is 21.2 Å². The van der Waals surface area contributed by atoms with Crippen LogP contribution in [0.5, 0.6) is 0 Å². The lowest BCUT2D eigenvalue weighted by atomic mass is 10.2. The van der Waals surface area contributed by atoms with Crippen LogP contribution in [0, 0.1) is 6.92 Å². The molecule has 2 heterocycles. The van der Waals surface area contributed by atoms with Crippen molar-refractivity contribution in [2.45, 2.75) is 32.9 Å². The van der Waals surface area contributed by atoms with Crippen molar-refractivity contribution in [3.8, 4) is 0 Å². The van der Waals surface area contributed by atoms with Crippen molar-refractivity contribution >= 4 is 27.1 Å². The number of thiophene rings is 1. The maximum Gasteiger partial charge on any atom is 0.234 e. The number of sulfone groups is 1. The summed E-state index contributed by atoms with van der Waals surface area (Å²) < 4.78 is 23.1. The molecule has 5 nitrogen and oxygen atoms in total. The van der Waals surface area contributed by atoms with E-state index in [0.717, 1.165) is 4.88 Å². The zero-order chi connectivity index (χ0) is 15.5. The Bertz CT molecular complexity index is 595. The topological polar surface area (TPSA) is 66.5 Å². The lowest BCUT2D eigenvalue weighted by Crippen LogP contribution is -2.43. The monoisotopic (exact) mass is 330 g/mol. The van der Waals surface area contributed by atoms with E-state index >= 15 is 0 Å². The minimum Gasteiger partial charge on any atom is -0.350 e. The molecule has 1 aliphatic rings. The van der Waals surface area contributed by atoms with Crippen LogP contribution in [0.4, 0.5) is 0 Å². The highest BCUT2D eigenvalue weighted by Gasteiger charge is 2.32. The Balaban J connectivity index is 1.82. The van der Waals surface area contributed by atoms with Crippen molar-refractivity contribution in [1.82, 2.24) is 10.2 Å². The van der Waals surface area contributed by atoms with Crippen LogP contribution in [0.25, 0.3) is 0 Å². The molecule has 1 atom stereocenters. The number of nitrogens with zero attached hydrogens (tertiary/aromatic N) is 1. The highest BCUT2D eigenvalue weighted by molar-refractivity contribution is 7.91. The van der Waals surface area contributed by atoms with E-state index < -0.39 is 9.84 Å². The summed E-state index contributed by atoms with van der Waals surface area (Å²) >= 11 is 1.67. The molecule has 1 saturated heterocycles. The molecule has 1 N–H and O–H groups in total. The van der Waals surface area contributed by atoms with Gasteiger partial charge in [0.2, 0.25) is 5.91 Å². The van der Waals surface area contributed by atoms with Crippen molar-refractivity contribution < 1.29 is 13.2 Å². The number of rotatable bonds is 6. The SMILES string of the molecule is CCN(CC(=O)NCc1ccc(C)s1)C1CCS(=O)(=O)C1. The van der Waals surface area contributed by atoms with Crippen LogP contribution in [0.15, 0.2) is 12.1 Å². The number of hydrogen-bond donors (Lipinski definition) is 1. The molecule has 0 spiro atoms. The van der Waals surface area contributed by atoms with Gasteiger partial charge in [0.1, 0.15) is 0 Å². The predicted molar refractivity (Wildman–Crippen MR) is 85.2 cm³/mol. The van der Waals surface area contributed by atoms with Crippen LogP contribution >= 0.6 is 11.3 Å². The van der Waals surface area contributed by atoms with Gasteiger partial charge < -0.3 is 5.32 Å². The Morgan fingerprint density at radius 3 is 2.76 bits per heavy atom. The number of hydrogen-bond acceptors (Lipinski definition) is 5. The van der Waals surface area contributed by atoms with Gasteiger partial charge in [-0.1, -0.05) is 6.92 Å².